The van der Waals surface area contributed by atoms with Gasteiger partial charge < -0.3 is 5.32 Å². The van der Waals surface area contributed by atoms with E-state index in [1.165, 1.54) is 12.3 Å². The lowest BCUT2D eigenvalue weighted by molar-refractivity contribution is 0.102. The number of nitrogens with zero attached hydrogens (tertiary/aromatic N) is 2. The highest BCUT2D eigenvalue weighted by Gasteiger charge is 2.08. The van der Waals surface area contributed by atoms with Gasteiger partial charge in [0.1, 0.15) is 5.69 Å². The van der Waals surface area contributed by atoms with Crippen molar-refractivity contribution in [3.8, 4) is 6.07 Å². The maximum absolute atomic E-state index is 11.9. The molecule has 18 heavy (non-hydrogen) atoms. The van der Waals surface area contributed by atoms with Gasteiger partial charge in [-0.1, -0.05) is 17.7 Å². The second-order valence-corrected chi connectivity index (χ2v) is 3.94. The van der Waals surface area contributed by atoms with Crippen LogP contribution in [0, 0.1) is 11.3 Å². The van der Waals surface area contributed by atoms with Crippen LogP contribution >= 0.6 is 11.6 Å². The Labute approximate surface area is 109 Å². The van der Waals surface area contributed by atoms with E-state index in [-0.39, 0.29) is 11.6 Å². The van der Waals surface area contributed by atoms with Gasteiger partial charge in [-0.3, -0.25) is 9.78 Å². The molecule has 0 saturated carbocycles. The lowest BCUT2D eigenvalue weighted by Gasteiger charge is -2.04. The van der Waals surface area contributed by atoms with Crippen molar-refractivity contribution in [3.63, 3.8) is 0 Å². The number of hydrogen-bond acceptors (Lipinski definition) is 3. The molecular weight excluding hydrogens is 250 g/mol. The average Bonchev–Trinajstić information content (AvgIpc) is 2.39. The van der Waals surface area contributed by atoms with Crippen LogP contribution < -0.4 is 5.32 Å². The Bertz CT molecular complexity index is 634. The number of carbonyl (C=O) groups excluding carboxylic acids is 1. The molecule has 2 aromatic rings. The summed E-state index contributed by atoms with van der Waals surface area (Å²) in [4.78, 5) is 15.8. The molecule has 0 spiro atoms. The predicted molar refractivity (Wildman–Crippen MR) is 68.4 cm³/mol. The molecule has 1 N–H and O–H groups in total. The number of rotatable bonds is 2. The van der Waals surface area contributed by atoms with E-state index in [9.17, 15) is 4.79 Å². The van der Waals surface area contributed by atoms with Gasteiger partial charge in [0.25, 0.3) is 5.91 Å². The Balaban J connectivity index is 2.19. The summed E-state index contributed by atoms with van der Waals surface area (Å²) < 4.78 is 0. The van der Waals surface area contributed by atoms with E-state index in [1.807, 2.05) is 6.07 Å². The normalized spacial score (nSPS) is 9.56. The van der Waals surface area contributed by atoms with Crippen molar-refractivity contribution in [1.82, 2.24) is 4.98 Å². The molecular formula is C13H8ClN3O. The van der Waals surface area contributed by atoms with Gasteiger partial charge in [-0.25, -0.2) is 0 Å². The monoisotopic (exact) mass is 257 g/mol. The van der Waals surface area contributed by atoms with Crippen LogP contribution in [0.1, 0.15) is 16.1 Å². The van der Waals surface area contributed by atoms with Crippen LogP contribution in [0.3, 0.4) is 0 Å². The van der Waals surface area contributed by atoms with Gasteiger partial charge in [-0.15, -0.1) is 0 Å². The number of nitriles is 1. The van der Waals surface area contributed by atoms with Crippen LogP contribution in [0.2, 0.25) is 5.02 Å². The number of carbonyl (C=O) groups is 1. The molecule has 0 aliphatic rings. The van der Waals surface area contributed by atoms with Gasteiger partial charge in [0.15, 0.2) is 0 Å². The number of hydrogen-bond donors (Lipinski definition) is 1. The third-order valence-electron chi connectivity index (χ3n) is 2.20. The number of amides is 1. The minimum atomic E-state index is -0.368. The quantitative estimate of drug-likeness (QED) is 0.900. The summed E-state index contributed by atoms with van der Waals surface area (Å²) in [6, 6.07) is 11.7. The Morgan fingerprint density at radius 1 is 1.33 bits per heavy atom. The Kier molecular flexibility index (Phi) is 3.56. The van der Waals surface area contributed by atoms with Crippen molar-refractivity contribution in [3.05, 3.63) is 58.9 Å². The van der Waals surface area contributed by atoms with Crippen molar-refractivity contribution in [2.75, 3.05) is 5.32 Å². The number of benzene rings is 1. The van der Waals surface area contributed by atoms with Crippen LogP contribution in [-0.2, 0) is 0 Å². The molecule has 1 aromatic carbocycles. The van der Waals surface area contributed by atoms with E-state index in [0.29, 0.717) is 16.3 Å². The maximum atomic E-state index is 11.9. The number of nitrogens with one attached hydrogen (secondary N) is 1. The van der Waals surface area contributed by atoms with Crippen molar-refractivity contribution in [1.29, 1.82) is 5.26 Å². The van der Waals surface area contributed by atoms with Gasteiger partial charge in [0, 0.05) is 16.9 Å². The first-order valence-corrected chi connectivity index (χ1v) is 5.50. The standard InChI is InChI=1S/C13H8ClN3O/c14-10-4-5-16-12(7-10)13(18)17-11-3-1-2-9(6-11)8-15/h1-7H,(H,17,18). The van der Waals surface area contributed by atoms with Crippen molar-refractivity contribution in [2.45, 2.75) is 0 Å². The van der Waals surface area contributed by atoms with Gasteiger partial charge in [-0.05, 0) is 30.3 Å². The topological polar surface area (TPSA) is 65.8 Å². The smallest absolute Gasteiger partial charge is 0.274 e. The summed E-state index contributed by atoms with van der Waals surface area (Å²) >= 11 is 5.78. The second kappa shape index (κ2) is 5.30. The largest absolute Gasteiger partial charge is 0.321 e. The molecule has 0 saturated heterocycles. The minimum absolute atomic E-state index is 0.227. The van der Waals surface area contributed by atoms with E-state index in [0.717, 1.165) is 0 Å². The molecule has 5 heteroatoms. The highest BCUT2D eigenvalue weighted by molar-refractivity contribution is 6.30. The predicted octanol–water partition coefficient (Wildman–Crippen LogP) is 2.86. The highest BCUT2D eigenvalue weighted by atomic mass is 35.5. The van der Waals surface area contributed by atoms with Crippen LogP contribution in [0.15, 0.2) is 42.6 Å². The molecule has 1 heterocycles. The summed E-state index contributed by atoms with van der Waals surface area (Å²) in [6.07, 6.45) is 1.46. The summed E-state index contributed by atoms with van der Waals surface area (Å²) in [5.74, 6) is -0.368. The van der Waals surface area contributed by atoms with E-state index < -0.39 is 0 Å². The molecule has 0 fully saturated rings. The zero-order valence-electron chi connectivity index (χ0n) is 9.22. The third kappa shape index (κ3) is 2.84. The van der Waals surface area contributed by atoms with Crippen molar-refractivity contribution < 1.29 is 4.79 Å². The Morgan fingerprint density at radius 3 is 2.89 bits per heavy atom. The van der Waals surface area contributed by atoms with E-state index in [1.54, 1.807) is 30.3 Å². The van der Waals surface area contributed by atoms with Gasteiger partial charge in [-0.2, -0.15) is 5.26 Å². The second-order valence-electron chi connectivity index (χ2n) is 3.51. The van der Waals surface area contributed by atoms with E-state index in [2.05, 4.69) is 10.3 Å². The first-order chi connectivity index (χ1) is 8.69. The molecule has 1 amide bonds. The highest BCUT2D eigenvalue weighted by Crippen LogP contribution is 2.13. The SMILES string of the molecule is N#Cc1cccc(NC(=O)c2cc(Cl)ccn2)c1. The number of aromatic nitrogens is 1. The van der Waals surface area contributed by atoms with E-state index in [4.69, 9.17) is 16.9 Å². The van der Waals surface area contributed by atoms with E-state index >= 15 is 0 Å². The molecule has 4 nitrogen and oxygen atoms in total. The lowest BCUT2D eigenvalue weighted by atomic mass is 10.2. The molecule has 0 aliphatic carbocycles. The molecule has 88 valence electrons. The molecule has 0 atom stereocenters. The van der Waals surface area contributed by atoms with Gasteiger partial charge in [0.05, 0.1) is 11.6 Å². The fourth-order valence-corrected chi connectivity index (χ4v) is 1.55. The molecule has 0 unspecified atom stereocenters. The molecule has 0 bridgehead atoms. The fourth-order valence-electron chi connectivity index (χ4n) is 1.39. The van der Waals surface area contributed by atoms with Crippen molar-refractivity contribution in [2.24, 2.45) is 0 Å². The van der Waals surface area contributed by atoms with Crippen LogP contribution in [-0.4, -0.2) is 10.9 Å². The molecule has 2 rings (SSSR count). The van der Waals surface area contributed by atoms with Crippen LogP contribution in [0.5, 0.6) is 0 Å². The maximum Gasteiger partial charge on any atom is 0.274 e. The third-order valence-corrected chi connectivity index (χ3v) is 2.44. The average molecular weight is 258 g/mol. The fraction of sp³-hybridized carbons (Fsp3) is 0. The van der Waals surface area contributed by atoms with Gasteiger partial charge in [0.2, 0.25) is 0 Å². The van der Waals surface area contributed by atoms with Crippen molar-refractivity contribution >= 4 is 23.2 Å². The van der Waals surface area contributed by atoms with Crippen LogP contribution in [0.4, 0.5) is 5.69 Å². The molecule has 0 radical (unpaired) electrons. The zero-order valence-corrected chi connectivity index (χ0v) is 9.98. The molecule has 1 aromatic heterocycles. The number of halogens is 1. The summed E-state index contributed by atoms with van der Waals surface area (Å²) in [5.41, 5.74) is 1.25. The first-order valence-electron chi connectivity index (χ1n) is 5.12. The zero-order chi connectivity index (χ0) is 13.0. The summed E-state index contributed by atoms with van der Waals surface area (Å²) in [7, 11) is 0. The Morgan fingerprint density at radius 2 is 2.17 bits per heavy atom. The number of pyridine rings is 1. The minimum Gasteiger partial charge on any atom is -0.321 e. The van der Waals surface area contributed by atoms with Gasteiger partial charge >= 0.3 is 0 Å². The molecule has 0 aliphatic heterocycles. The lowest BCUT2D eigenvalue weighted by Crippen LogP contribution is -2.13. The first kappa shape index (κ1) is 12.1. The summed E-state index contributed by atoms with van der Waals surface area (Å²) in [5, 5.41) is 11.9. The summed E-state index contributed by atoms with van der Waals surface area (Å²) in [6.45, 7) is 0. The van der Waals surface area contributed by atoms with Crippen LogP contribution in [0.25, 0.3) is 0 Å². The Hall–Kier alpha value is -2.38. The number of anilines is 1.